The normalized spacial score (nSPS) is 20.4. The van der Waals surface area contributed by atoms with Crippen molar-refractivity contribution in [2.24, 2.45) is 4.66 Å². The fourth-order valence-electron chi connectivity index (χ4n) is 1.34. The third-order valence-corrected chi connectivity index (χ3v) is 5.66. The van der Waals surface area contributed by atoms with E-state index in [0.29, 0.717) is 0 Å². The minimum atomic E-state index is -1.70. The second-order valence-electron chi connectivity index (χ2n) is 3.17. The number of hydroxylamine groups is 1. The van der Waals surface area contributed by atoms with Crippen molar-refractivity contribution in [2.75, 3.05) is 0 Å². The van der Waals surface area contributed by atoms with Gasteiger partial charge in [0.1, 0.15) is 5.84 Å². The molecule has 0 atom stereocenters. The maximum absolute atomic E-state index is 5.59. The van der Waals surface area contributed by atoms with E-state index >= 15 is 0 Å². The van der Waals surface area contributed by atoms with E-state index in [0.717, 1.165) is 30.8 Å². The summed E-state index contributed by atoms with van der Waals surface area (Å²) in [4.78, 5) is 0. The fraction of sp³-hybridized carbons (Fsp3) is 0.875. The Morgan fingerprint density at radius 2 is 2.00 bits per heavy atom. The number of nitrogens with one attached hydrogen (secondary N) is 1. The van der Waals surface area contributed by atoms with Crippen molar-refractivity contribution in [1.29, 1.82) is 0 Å². The van der Waals surface area contributed by atoms with Gasteiger partial charge >= 0.3 is 8.48 Å². The molecule has 0 aromatic heterocycles. The minimum Gasteiger partial charge on any atom is -0.293 e. The Labute approximate surface area is 75.4 Å². The molecule has 4 heteroatoms. The van der Waals surface area contributed by atoms with Gasteiger partial charge in [0.25, 0.3) is 0 Å². The molecule has 1 heterocycles. The third kappa shape index (κ3) is 1.87. The monoisotopic (exact) mass is 186 g/mol. The summed E-state index contributed by atoms with van der Waals surface area (Å²) < 4.78 is 10.3. The van der Waals surface area contributed by atoms with Crippen LogP contribution in [-0.2, 0) is 4.53 Å². The molecule has 1 aliphatic rings. The highest BCUT2D eigenvalue weighted by molar-refractivity contribution is 6.74. The van der Waals surface area contributed by atoms with E-state index < -0.39 is 8.48 Å². The highest BCUT2D eigenvalue weighted by Gasteiger charge is 2.37. The standard InChI is InChI=1S/C8H18N2OSi/c1-4-7-8-9-11-12(5-2,6-3)10-8/h4-7H2,1-3H3,(H,9,10). The summed E-state index contributed by atoms with van der Waals surface area (Å²) in [6, 6.07) is 2.15. The maximum atomic E-state index is 5.59. The molecule has 1 N–H and O–H groups in total. The molecule has 0 fully saturated rings. The first-order chi connectivity index (χ1) is 5.76. The summed E-state index contributed by atoms with van der Waals surface area (Å²) in [5.41, 5.74) is 2.96. The van der Waals surface area contributed by atoms with Gasteiger partial charge in [0, 0.05) is 6.42 Å². The first-order valence-corrected chi connectivity index (χ1v) is 7.06. The molecule has 0 unspecified atom stereocenters. The van der Waals surface area contributed by atoms with Gasteiger partial charge in [-0.3, -0.25) is 14.7 Å². The topological polar surface area (TPSA) is 33.6 Å². The molecule has 1 rings (SSSR count). The first-order valence-electron chi connectivity index (χ1n) is 4.79. The molecule has 0 bridgehead atoms. The lowest BCUT2D eigenvalue weighted by Crippen LogP contribution is -2.33. The SMILES string of the molecule is CCCC1=N[Si](CC)(CC)ON1. The highest BCUT2D eigenvalue weighted by atomic mass is 28.4. The van der Waals surface area contributed by atoms with Gasteiger partial charge in [0.15, 0.2) is 0 Å². The molecule has 1 aliphatic heterocycles. The lowest BCUT2D eigenvalue weighted by Gasteiger charge is -2.15. The van der Waals surface area contributed by atoms with Gasteiger partial charge in [0.05, 0.1) is 0 Å². The van der Waals surface area contributed by atoms with Crippen molar-refractivity contribution in [1.82, 2.24) is 5.48 Å². The van der Waals surface area contributed by atoms with Crippen molar-refractivity contribution < 1.29 is 4.53 Å². The molecule has 70 valence electrons. The van der Waals surface area contributed by atoms with Crippen LogP contribution in [-0.4, -0.2) is 14.3 Å². The van der Waals surface area contributed by atoms with Gasteiger partial charge in [-0.15, -0.1) is 0 Å². The molecular weight excluding hydrogens is 168 g/mol. The fourth-order valence-corrected chi connectivity index (χ4v) is 3.45. The third-order valence-electron chi connectivity index (χ3n) is 2.29. The van der Waals surface area contributed by atoms with Crippen LogP contribution in [0.4, 0.5) is 0 Å². The summed E-state index contributed by atoms with van der Waals surface area (Å²) in [5.74, 6) is 1.06. The molecule has 3 nitrogen and oxygen atoms in total. The lowest BCUT2D eigenvalue weighted by atomic mass is 10.3. The molecule has 0 radical (unpaired) electrons. The van der Waals surface area contributed by atoms with Crippen LogP contribution in [0.15, 0.2) is 4.66 Å². The van der Waals surface area contributed by atoms with Crippen molar-refractivity contribution in [3.8, 4) is 0 Å². The lowest BCUT2D eigenvalue weighted by molar-refractivity contribution is 0.258. The van der Waals surface area contributed by atoms with Gasteiger partial charge < -0.3 is 0 Å². The second-order valence-corrected chi connectivity index (χ2v) is 6.90. The molecule has 12 heavy (non-hydrogen) atoms. The maximum Gasteiger partial charge on any atom is 0.349 e. The van der Waals surface area contributed by atoms with Crippen molar-refractivity contribution in [3.05, 3.63) is 0 Å². The van der Waals surface area contributed by atoms with Gasteiger partial charge in [-0.05, 0) is 18.5 Å². The molecule has 0 spiro atoms. The van der Waals surface area contributed by atoms with Crippen LogP contribution in [0, 0.1) is 0 Å². The highest BCUT2D eigenvalue weighted by Crippen LogP contribution is 2.21. The van der Waals surface area contributed by atoms with Crippen LogP contribution in [0.1, 0.15) is 33.6 Å². The van der Waals surface area contributed by atoms with E-state index in [1.54, 1.807) is 0 Å². The number of hydrogen-bond acceptors (Lipinski definition) is 3. The largest absolute Gasteiger partial charge is 0.349 e. The van der Waals surface area contributed by atoms with E-state index in [2.05, 4.69) is 30.9 Å². The molecule has 0 saturated carbocycles. The molecule has 0 aromatic carbocycles. The Morgan fingerprint density at radius 1 is 1.33 bits per heavy atom. The zero-order valence-corrected chi connectivity index (χ0v) is 9.18. The number of hydrogen-bond donors (Lipinski definition) is 1. The predicted molar refractivity (Wildman–Crippen MR) is 53.3 cm³/mol. The van der Waals surface area contributed by atoms with E-state index in [1.807, 2.05) is 0 Å². The van der Waals surface area contributed by atoms with Gasteiger partial charge in [0.2, 0.25) is 0 Å². The molecule has 0 aromatic rings. The molecule has 0 amide bonds. The quantitative estimate of drug-likeness (QED) is 0.683. The summed E-state index contributed by atoms with van der Waals surface area (Å²) in [6.07, 6.45) is 2.15. The van der Waals surface area contributed by atoms with Crippen molar-refractivity contribution in [3.63, 3.8) is 0 Å². The summed E-state index contributed by atoms with van der Waals surface area (Å²) >= 11 is 0. The first kappa shape index (κ1) is 9.73. The van der Waals surface area contributed by atoms with Crippen LogP contribution >= 0.6 is 0 Å². The van der Waals surface area contributed by atoms with E-state index in [-0.39, 0.29) is 0 Å². The Balaban J connectivity index is 2.59. The van der Waals surface area contributed by atoms with Crippen molar-refractivity contribution >= 4 is 14.3 Å². The second kappa shape index (κ2) is 4.05. The minimum absolute atomic E-state index is 1.02. The number of nitrogens with zero attached hydrogens (tertiary/aromatic N) is 1. The smallest absolute Gasteiger partial charge is 0.293 e. The van der Waals surface area contributed by atoms with E-state index in [9.17, 15) is 0 Å². The Hall–Kier alpha value is -0.353. The zero-order chi connectivity index (χ0) is 9.03. The number of amidine groups is 1. The van der Waals surface area contributed by atoms with Gasteiger partial charge in [-0.2, -0.15) is 0 Å². The van der Waals surface area contributed by atoms with E-state index in [1.165, 1.54) is 0 Å². The van der Waals surface area contributed by atoms with Gasteiger partial charge in [-0.1, -0.05) is 20.8 Å². The van der Waals surface area contributed by atoms with Crippen LogP contribution in [0.25, 0.3) is 0 Å². The van der Waals surface area contributed by atoms with Crippen LogP contribution in [0.2, 0.25) is 12.1 Å². The van der Waals surface area contributed by atoms with Crippen LogP contribution < -0.4 is 5.48 Å². The van der Waals surface area contributed by atoms with Crippen molar-refractivity contribution in [2.45, 2.75) is 45.7 Å². The summed E-state index contributed by atoms with van der Waals surface area (Å²) in [6.45, 7) is 6.48. The molecule has 0 saturated heterocycles. The average molecular weight is 186 g/mol. The van der Waals surface area contributed by atoms with Crippen LogP contribution in [0.5, 0.6) is 0 Å². The summed E-state index contributed by atoms with van der Waals surface area (Å²) in [5, 5.41) is 0. The predicted octanol–water partition coefficient (Wildman–Crippen LogP) is 2.20. The Morgan fingerprint density at radius 3 is 2.42 bits per heavy atom. The summed E-state index contributed by atoms with van der Waals surface area (Å²) in [7, 11) is -1.70. The Bertz CT molecular complexity index is 178. The average Bonchev–Trinajstić information content (AvgIpc) is 2.50. The van der Waals surface area contributed by atoms with Gasteiger partial charge in [-0.25, -0.2) is 0 Å². The zero-order valence-electron chi connectivity index (χ0n) is 8.18. The Kier molecular flexibility index (Phi) is 3.28. The number of rotatable bonds is 4. The molecular formula is C8H18N2OSi. The van der Waals surface area contributed by atoms with E-state index in [4.69, 9.17) is 4.53 Å². The van der Waals surface area contributed by atoms with Crippen LogP contribution in [0.3, 0.4) is 0 Å². The molecule has 0 aliphatic carbocycles.